The van der Waals surface area contributed by atoms with Crippen LogP contribution in [0.4, 0.5) is 0 Å². The predicted octanol–water partition coefficient (Wildman–Crippen LogP) is 8.70. The third kappa shape index (κ3) is 4.73. The Bertz CT molecular complexity index is 1790. The Morgan fingerprint density at radius 1 is 0.804 bits per heavy atom. The summed E-state index contributed by atoms with van der Waals surface area (Å²) in [4.78, 5) is 26.7. The van der Waals surface area contributed by atoms with Crippen LogP contribution in [-0.2, 0) is 40.9 Å². The molecule has 1 atom stereocenters. The van der Waals surface area contributed by atoms with Crippen molar-refractivity contribution in [3.63, 3.8) is 0 Å². The van der Waals surface area contributed by atoms with Crippen molar-refractivity contribution in [1.82, 2.24) is 0 Å². The normalized spacial score (nSPS) is 19.1. The molecule has 1 heterocycles. The second-order valence-electron chi connectivity index (χ2n) is 15.0. The molecule has 46 heavy (non-hydrogen) atoms. The van der Waals surface area contributed by atoms with Crippen LogP contribution >= 0.6 is 7.60 Å². The first-order valence-electron chi connectivity index (χ1n) is 15.7. The fourth-order valence-corrected chi connectivity index (χ4v) is 9.67. The summed E-state index contributed by atoms with van der Waals surface area (Å²) >= 11 is 0. The summed E-state index contributed by atoms with van der Waals surface area (Å²) < 4.78 is 40.1. The Kier molecular flexibility index (Phi) is 7.40. The van der Waals surface area contributed by atoms with E-state index in [9.17, 15) is 9.59 Å². The van der Waals surface area contributed by atoms with Crippen molar-refractivity contribution >= 4 is 24.8 Å². The van der Waals surface area contributed by atoms with Crippen LogP contribution in [0.1, 0.15) is 98.4 Å². The van der Waals surface area contributed by atoms with Crippen LogP contribution in [0.2, 0.25) is 0 Å². The predicted molar refractivity (Wildman–Crippen MR) is 179 cm³/mol. The van der Waals surface area contributed by atoms with Crippen molar-refractivity contribution in [3.05, 3.63) is 98.6 Å². The van der Waals surface area contributed by atoms with Gasteiger partial charge in [-0.2, -0.15) is 0 Å². The van der Waals surface area contributed by atoms with Gasteiger partial charge in [0.25, 0.3) is 0 Å². The molecule has 6 rings (SSSR count). The van der Waals surface area contributed by atoms with E-state index in [0.717, 1.165) is 33.4 Å². The zero-order valence-corrected chi connectivity index (χ0v) is 29.3. The number of fused-ring (bicyclic) bond motifs is 5. The Hall–Kier alpha value is -3.83. The monoisotopic (exact) mass is 642 g/mol. The van der Waals surface area contributed by atoms with Gasteiger partial charge in [0.2, 0.25) is 0 Å². The maximum absolute atomic E-state index is 16.0. The number of allylic oxidation sites excluding steroid dienone is 1. The molecular weight excluding hydrogens is 599 g/mol. The number of carbonyl (C=O) groups excluding carboxylic acids is 2. The van der Waals surface area contributed by atoms with Crippen LogP contribution in [-0.4, -0.2) is 26.2 Å². The maximum Gasteiger partial charge on any atom is 0.463 e. The number of benzene rings is 3. The lowest BCUT2D eigenvalue weighted by Crippen LogP contribution is -2.53. The summed E-state index contributed by atoms with van der Waals surface area (Å²) in [5.41, 5.74) is 5.62. The minimum atomic E-state index is -4.25. The van der Waals surface area contributed by atoms with Gasteiger partial charge in [-0.1, -0.05) is 101 Å². The van der Waals surface area contributed by atoms with Crippen LogP contribution in [0, 0.1) is 19.3 Å². The van der Waals surface area contributed by atoms with Crippen molar-refractivity contribution in [2.24, 2.45) is 5.41 Å². The minimum absolute atomic E-state index is 0.0164. The molecule has 3 aliphatic rings. The highest BCUT2D eigenvalue weighted by atomic mass is 31.2. The van der Waals surface area contributed by atoms with Gasteiger partial charge in [-0.05, 0) is 58.9 Å². The van der Waals surface area contributed by atoms with E-state index in [0.29, 0.717) is 39.9 Å². The van der Waals surface area contributed by atoms with E-state index in [1.807, 2.05) is 24.3 Å². The first-order valence-corrected chi connectivity index (χ1v) is 17.3. The highest BCUT2D eigenvalue weighted by Crippen LogP contribution is 2.74. The second kappa shape index (κ2) is 10.6. The average Bonchev–Trinajstić information content (AvgIpc) is 3.22. The lowest BCUT2D eigenvalue weighted by molar-refractivity contribution is -0.174. The van der Waals surface area contributed by atoms with E-state index in [2.05, 4.69) is 79.7 Å². The van der Waals surface area contributed by atoms with Crippen molar-refractivity contribution in [2.45, 2.75) is 85.0 Å². The molecule has 0 aromatic heterocycles. The quantitative estimate of drug-likeness (QED) is 0.160. The molecule has 2 aliphatic carbocycles. The van der Waals surface area contributed by atoms with E-state index >= 15 is 4.57 Å². The van der Waals surface area contributed by atoms with Crippen molar-refractivity contribution in [3.8, 4) is 11.5 Å². The molecule has 0 N–H and O–H groups in total. The van der Waals surface area contributed by atoms with Gasteiger partial charge in [-0.15, -0.1) is 0 Å². The van der Waals surface area contributed by atoms with Gasteiger partial charge >= 0.3 is 19.5 Å². The fourth-order valence-electron chi connectivity index (χ4n) is 7.48. The van der Waals surface area contributed by atoms with E-state index in [-0.39, 0.29) is 17.3 Å². The summed E-state index contributed by atoms with van der Waals surface area (Å²) in [7, 11) is -1.73. The topological polar surface area (TPSA) is 88.1 Å². The molecule has 1 saturated carbocycles. The summed E-state index contributed by atoms with van der Waals surface area (Å²) in [5.74, 6) is -0.999. The molecule has 1 unspecified atom stereocenters. The molecule has 0 bridgehead atoms. The lowest BCUT2D eigenvalue weighted by Gasteiger charge is -2.45. The Morgan fingerprint density at radius 2 is 1.28 bits per heavy atom. The van der Waals surface area contributed by atoms with Crippen molar-refractivity contribution in [2.75, 3.05) is 14.2 Å². The zero-order valence-electron chi connectivity index (χ0n) is 28.4. The van der Waals surface area contributed by atoms with Gasteiger partial charge in [-0.25, -0.2) is 4.57 Å². The first kappa shape index (κ1) is 32.1. The third-order valence-electron chi connectivity index (χ3n) is 9.56. The smallest absolute Gasteiger partial charge is 0.463 e. The van der Waals surface area contributed by atoms with Crippen LogP contribution in [0.3, 0.4) is 0 Å². The lowest BCUT2D eigenvalue weighted by atomic mass is 9.56. The number of methoxy groups -OCH3 is 2. The number of esters is 2. The molecule has 1 aliphatic heterocycles. The van der Waals surface area contributed by atoms with Gasteiger partial charge in [0.15, 0.2) is 5.41 Å². The molecule has 3 aromatic rings. The summed E-state index contributed by atoms with van der Waals surface area (Å²) in [6.07, 6.45) is 0.524. The molecular formula is C38H43O7P. The number of carbonyl (C=O) groups is 2. The number of ether oxygens (including phenoxy) is 2. The van der Waals surface area contributed by atoms with Gasteiger partial charge in [0.05, 0.1) is 19.5 Å². The highest BCUT2D eigenvalue weighted by molar-refractivity contribution is 7.66. The van der Waals surface area contributed by atoms with Crippen LogP contribution in [0.15, 0.2) is 54.1 Å². The number of hydrogen-bond donors (Lipinski definition) is 0. The second-order valence-corrected chi connectivity index (χ2v) is 16.8. The standard InChI is InChI=1S/C38H43O7P/c1-21-15-23-19-24-16-22(2)18-29(37(6,7)8)32(24)45-46(41,44-31(23)28(17-21)36(3,4)5)33-26-14-12-11-13-25(26)30-27(33)20-38(30,34(39)42-9)35(40)43-10/h11-18,30H,19-20H2,1-10H3. The van der Waals surface area contributed by atoms with E-state index < -0.39 is 30.9 Å². The minimum Gasteiger partial charge on any atom is -0.468 e. The molecule has 7 nitrogen and oxygen atoms in total. The van der Waals surface area contributed by atoms with Gasteiger partial charge < -0.3 is 18.5 Å². The van der Waals surface area contributed by atoms with Crippen molar-refractivity contribution in [1.29, 1.82) is 0 Å². The largest absolute Gasteiger partial charge is 0.468 e. The van der Waals surface area contributed by atoms with Crippen molar-refractivity contribution < 1.29 is 32.7 Å². The summed E-state index contributed by atoms with van der Waals surface area (Å²) in [6, 6.07) is 15.8. The highest BCUT2D eigenvalue weighted by Gasteiger charge is 2.68. The molecule has 0 radical (unpaired) electrons. The van der Waals surface area contributed by atoms with E-state index in [1.54, 1.807) is 0 Å². The number of rotatable bonds is 3. The van der Waals surface area contributed by atoms with E-state index in [1.165, 1.54) is 14.2 Å². The molecule has 0 amide bonds. The molecule has 3 aromatic carbocycles. The SMILES string of the molecule is COC(=O)C1(C(=O)OC)CC2=C(P3(=O)Oc4c(cc(C)cc4C(C)(C)C)Cc4cc(C)cc(C(C)(C)C)c4O3)c3ccccc3C21. The Balaban J connectivity index is 1.68. The third-order valence-corrected chi connectivity index (χ3v) is 11.5. The molecule has 1 fully saturated rings. The zero-order chi connectivity index (χ0) is 33.6. The Morgan fingerprint density at radius 3 is 1.74 bits per heavy atom. The van der Waals surface area contributed by atoms with Crippen LogP contribution in [0.25, 0.3) is 5.31 Å². The van der Waals surface area contributed by atoms with Gasteiger partial charge in [0, 0.05) is 23.5 Å². The molecule has 242 valence electrons. The summed E-state index contributed by atoms with van der Waals surface area (Å²) in [6.45, 7) is 16.8. The summed E-state index contributed by atoms with van der Waals surface area (Å²) in [5, 5.41) is 0.399. The molecule has 8 heteroatoms. The van der Waals surface area contributed by atoms with Gasteiger partial charge in [0.1, 0.15) is 11.5 Å². The van der Waals surface area contributed by atoms with E-state index in [4.69, 9.17) is 18.5 Å². The first-order chi connectivity index (χ1) is 21.5. The average molecular weight is 643 g/mol. The number of hydrogen-bond acceptors (Lipinski definition) is 7. The fraction of sp³-hybridized carbons (Fsp3) is 0.421. The molecule has 0 saturated heterocycles. The maximum atomic E-state index is 16.0. The Labute approximate surface area is 271 Å². The van der Waals surface area contributed by atoms with Crippen LogP contribution in [0.5, 0.6) is 11.5 Å². The van der Waals surface area contributed by atoms with Gasteiger partial charge in [-0.3, -0.25) is 9.59 Å². The molecule has 0 spiro atoms. The number of aryl methyl sites for hydroxylation is 2. The van der Waals surface area contributed by atoms with Crippen LogP contribution < -0.4 is 9.05 Å².